The summed E-state index contributed by atoms with van der Waals surface area (Å²) >= 11 is 0. The molecule has 3 rings (SSSR count). The number of piperidine rings is 1. The number of alkyl halides is 1. The first-order chi connectivity index (χ1) is 10.5. The number of hydrogen-bond acceptors (Lipinski definition) is 4. The largest absolute Gasteiger partial charge is 0.438 e. The number of rotatable bonds is 4. The second kappa shape index (κ2) is 5.70. The Morgan fingerprint density at radius 2 is 2.14 bits per heavy atom. The average Bonchev–Trinajstić information content (AvgIpc) is 3.25. The third kappa shape index (κ3) is 2.98. The summed E-state index contributed by atoms with van der Waals surface area (Å²) in [5, 5.41) is 2.69. The minimum absolute atomic E-state index is 0.0163. The van der Waals surface area contributed by atoms with E-state index in [-0.39, 0.29) is 37.6 Å². The van der Waals surface area contributed by atoms with Crippen LogP contribution in [0.2, 0.25) is 0 Å². The van der Waals surface area contributed by atoms with Crippen molar-refractivity contribution in [2.24, 2.45) is 5.92 Å². The molecule has 1 saturated heterocycles. The van der Waals surface area contributed by atoms with Gasteiger partial charge in [0, 0.05) is 32.5 Å². The monoisotopic (exact) mass is 309 g/mol. The SMILES string of the molecule is Cc1ncoc1C(=O)N1CCC(F)(C(=O)NCC2CC2)CC1. The predicted molar refractivity (Wildman–Crippen MR) is 76.0 cm³/mol. The van der Waals surface area contributed by atoms with Crippen molar-refractivity contribution in [3.63, 3.8) is 0 Å². The van der Waals surface area contributed by atoms with E-state index >= 15 is 0 Å². The lowest BCUT2D eigenvalue weighted by atomic mass is 9.92. The van der Waals surface area contributed by atoms with Crippen LogP contribution in [0.1, 0.15) is 41.9 Å². The summed E-state index contributed by atoms with van der Waals surface area (Å²) in [6.45, 7) is 2.65. The van der Waals surface area contributed by atoms with Crippen LogP contribution >= 0.6 is 0 Å². The minimum Gasteiger partial charge on any atom is -0.438 e. The van der Waals surface area contributed by atoms with E-state index in [2.05, 4.69) is 10.3 Å². The summed E-state index contributed by atoms with van der Waals surface area (Å²) in [5.41, 5.74) is -1.36. The molecule has 6 nitrogen and oxygen atoms in total. The number of halogens is 1. The minimum atomic E-state index is -1.87. The molecule has 1 saturated carbocycles. The maximum atomic E-state index is 14.7. The smallest absolute Gasteiger partial charge is 0.291 e. The van der Waals surface area contributed by atoms with Gasteiger partial charge in [0.15, 0.2) is 12.1 Å². The number of nitrogens with zero attached hydrogens (tertiary/aromatic N) is 2. The fourth-order valence-corrected chi connectivity index (χ4v) is 2.66. The summed E-state index contributed by atoms with van der Waals surface area (Å²) in [6, 6.07) is 0. The highest BCUT2D eigenvalue weighted by molar-refractivity contribution is 5.93. The third-order valence-electron chi connectivity index (χ3n) is 4.44. The topological polar surface area (TPSA) is 75.4 Å². The van der Waals surface area contributed by atoms with Gasteiger partial charge in [-0.1, -0.05) is 0 Å². The fraction of sp³-hybridized carbons (Fsp3) is 0.667. The molecule has 1 N–H and O–H groups in total. The van der Waals surface area contributed by atoms with E-state index in [1.54, 1.807) is 6.92 Å². The van der Waals surface area contributed by atoms with Crippen molar-refractivity contribution in [3.05, 3.63) is 17.8 Å². The number of nitrogens with one attached hydrogen (secondary N) is 1. The van der Waals surface area contributed by atoms with E-state index < -0.39 is 11.6 Å². The van der Waals surface area contributed by atoms with Crippen LogP contribution in [0.4, 0.5) is 4.39 Å². The molecule has 1 aliphatic carbocycles. The van der Waals surface area contributed by atoms with Gasteiger partial charge in [0.1, 0.15) is 0 Å². The van der Waals surface area contributed by atoms with Gasteiger partial charge in [0.2, 0.25) is 5.76 Å². The first-order valence-corrected chi connectivity index (χ1v) is 7.66. The molecule has 0 radical (unpaired) electrons. The van der Waals surface area contributed by atoms with Crippen molar-refractivity contribution < 1.29 is 18.4 Å². The Balaban J connectivity index is 1.55. The van der Waals surface area contributed by atoms with Crippen LogP contribution < -0.4 is 5.32 Å². The summed E-state index contributed by atoms with van der Waals surface area (Å²) in [6.07, 6.45) is 3.47. The molecule has 0 spiro atoms. The molecule has 0 bridgehead atoms. The molecule has 7 heteroatoms. The fourth-order valence-electron chi connectivity index (χ4n) is 2.66. The number of hydrogen-bond donors (Lipinski definition) is 1. The molecule has 2 aliphatic rings. The average molecular weight is 309 g/mol. The lowest BCUT2D eigenvalue weighted by molar-refractivity contribution is -0.135. The Labute approximate surface area is 128 Å². The van der Waals surface area contributed by atoms with E-state index in [4.69, 9.17) is 4.42 Å². The lowest BCUT2D eigenvalue weighted by Gasteiger charge is -2.35. The first-order valence-electron chi connectivity index (χ1n) is 7.66. The zero-order valence-corrected chi connectivity index (χ0v) is 12.6. The first kappa shape index (κ1) is 15.0. The van der Waals surface area contributed by atoms with Gasteiger partial charge in [-0.05, 0) is 25.7 Å². The number of aryl methyl sites for hydroxylation is 1. The van der Waals surface area contributed by atoms with Gasteiger partial charge in [-0.2, -0.15) is 0 Å². The number of carbonyl (C=O) groups excluding carboxylic acids is 2. The molecular formula is C15H20FN3O3. The van der Waals surface area contributed by atoms with Crippen molar-refractivity contribution in [1.29, 1.82) is 0 Å². The molecule has 2 amide bonds. The van der Waals surface area contributed by atoms with E-state index in [0.717, 1.165) is 12.8 Å². The molecule has 1 aromatic heterocycles. The number of aromatic nitrogens is 1. The standard InChI is InChI=1S/C15H20FN3O3/c1-10-12(22-9-18-10)13(20)19-6-4-15(16,5-7-19)14(21)17-8-11-2-3-11/h9,11H,2-8H2,1H3,(H,17,21). The predicted octanol–water partition coefficient (Wildman–Crippen LogP) is 1.45. The molecule has 2 heterocycles. The van der Waals surface area contributed by atoms with Crippen LogP contribution in [-0.4, -0.2) is 47.0 Å². The van der Waals surface area contributed by atoms with E-state index in [0.29, 0.717) is 18.2 Å². The number of amides is 2. The van der Waals surface area contributed by atoms with Crippen molar-refractivity contribution in [2.45, 2.75) is 38.3 Å². The van der Waals surface area contributed by atoms with Crippen LogP contribution in [0, 0.1) is 12.8 Å². The van der Waals surface area contributed by atoms with Crippen LogP contribution in [0.15, 0.2) is 10.8 Å². The quantitative estimate of drug-likeness (QED) is 0.913. The van der Waals surface area contributed by atoms with Gasteiger partial charge in [-0.15, -0.1) is 0 Å². The van der Waals surface area contributed by atoms with Crippen LogP contribution in [0.5, 0.6) is 0 Å². The summed E-state index contributed by atoms with van der Waals surface area (Å²) in [7, 11) is 0. The highest BCUT2D eigenvalue weighted by Crippen LogP contribution is 2.30. The summed E-state index contributed by atoms with van der Waals surface area (Å²) < 4.78 is 19.8. The lowest BCUT2D eigenvalue weighted by Crippen LogP contribution is -2.52. The molecule has 120 valence electrons. The zero-order chi connectivity index (χ0) is 15.7. The molecule has 0 unspecified atom stereocenters. The van der Waals surface area contributed by atoms with Crippen LogP contribution in [0.25, 0.3) is 0 Å². The number of carbonyl (C=O) groups is 2. The Hall–Kier alpha value is -1.92. The summed E-state index contributed by atoms with van der Waals surface area (Å²) in [5.74, 6) is -0.133. The highest BCUT2D eigenvalue weighted by atomic mass is 19.1. The van der Waals surface area contributed by atoms with Gasteiger partial charge in [0.25, 0.3) is 11.8 Å². The Bertz CT molecular complexity index is 574. The van der Waals surface area contributed by atoms with Gasteiger partial charge < -0.3 is 14.6 Å². The molecule has 1 aromatic rings. The van der Waals surface area contributed by atoms with Crippen molar-refractivity contribution >= 4 is 11.8 Å². The molecular weight excluding hydrogens is 289 g/mol. The van der Waals surface area contributed by atoms with Crippen LogP contribution in [0.3, 0.4) is 0 Å². The Morgan fingerprint density at radius 1 is 1.45 bits per heavy atom. The molecule has 0 atom stereocenters. The van der Waals surface area contributed by atoms with Gasteiger partial charge >= 0.3 is 0 Å². The number of oxazole rings is 1. The number of likely N-dealkylation sites (tertiary alicyclic amines) is 1. The van der Waals surface area contributed by atoms with Gasteiger partial charge in [-0.3, -0.25) is 9.59 Å². The second-order valence-electron chi connectivity index (χ2n) is 6.18. The second-order valence-corrected chi connectivity index (χ2v) is 6.18. The van der Waals surface area contributed by atoms with Crippen LogP contribution in [-0.2, 0) is 4.79 Å². The normalized spacial score (nSPS) is 20.7. The van der Waals surface area contributed by atoms with E-state index in [1.165, 1.54) is 11.3 Å². The maximum absolute atomic E-state index is 14.7. The highest BCUT2D eigenvalue weighted by Gasteiger charge is 2.43. The Kier molecular flexibility index (Phi) is 3.88. The molecule has 0 aromatic carbocycles. The third-order valence-corrected chi connectivity index (χ3v) is 4.44. The molecule has 1 aliphatic heterocycles. The zero-order valence-electron chi connectivity index (χ0n) is 12.6. The molecule has 22 heavy (non-hydrogen) atoms. The van der Waals surface area contributed by atoms with Gasteiger partial charge in [0.05, 0.1) is 5.69 Å². The van der Waals surface area contributed by atoms with Crippen molar-refractivity contribution in [3.8, 4) is 0 Å². The van der Waals surface area contributed by atoms with E-state index in [1.807, 2.05) is 0 Å². The van der Waals surface area contributed by atoms with Crippen molar-refractivity contribution in [2.75, 3.05) is 19.6 Å². The van der Waals surface area contributed by atoms with Gasteiger partial charge in [-0.25, -0.2) is 9.37 Å². The molecule has 2 fully saturated rings. The van der Waals surface area contributed by atoms with Crippen molar-refractivity contribution in [1.82, 2.24) is 15.2 Å². The Morgan fingerprint density at radius 3 is 2.68 bits per heavy atom. The maximum Gasteiger partial charge on any atom is 0.291 e. The van der Waals surface area contributed by atoms with E-state index in [9.17, 15) is 14.0 Å². The summed E-state index contributed by atoms with van der Waals surface area (Å²) in [4.78, 5) is 29.6.